The Morgan fingerprint density at radius 2 is 0.992 bits per heavy atom. The van der Waals surface area contributed by atoms with Gasteiger partial charge in [0.15, 0.2) is 28.9 Å². The Labute approximate surface area is 750 Å². The molecule has 30 nitrogen and oxygen atoms in total. The molecule has 3 aromatic heterocycles. The van der Waals surface area contributed by atoms with Crippen molar-refractivity contribution in [2.24, 2.45) is 46.8 Å². The molecule has 1 saturated carbocycles. The molecule has 127 heavy (non-hydrogen) atoms. The topological polar surface area (TPSA) is 395 Å². The van der Waals surface area contributed by atoms with Crippen molar-refractivity contribution in [2.45, 2.75) is 320 Å². The maximum Gasteiger partial charge on any atom is 0.419 e. The number of unbranched alkanes of at least 4 members (excludes halogenated alkanes) is 3. The van der Waals surface area contributed by atoms with Gasteiger partial charge in [0.25, 0.3) is 0 Å². The zero-order chi connectivity index (χ0) is 94.0. The maximum atomic E-state index is 15.8. The van der Waals surface area contributed by atoms with Gasteiger partial charge in [-0.2, -0.15) is 0 Å². The van der Waals surface area contributed by atoms with Gasteiger partial charge in [0.1, 0.15) is 22.6 Å². The number of para-hydroxylation sites is 2. The second kappa shape index (κ2) is 47.7. The lowest BCUT2D eigenvalue weighted by Gasteiger charge is -2.30. The van der Waals surface area contributed by atoms with Crippen molar-refractivity contribution < 1.29 is 81.3 Å². The number of carbonyl (C=O) groups excluding carboxylic acids is 14. The fourth-order valence-electron chi connectivity index (χ4n) is 16.7. The van der Waals surface area contributed by atoms with Gasteiger partial charge in [-0.1, -0.05) is 116 Å². The number of hydrogen-bond acceptors (Lipinski definition) is 21. The average Bonchev–Trinajstić information content (AvgIpc) is 1.64. The predicted octanol–water partition coefficient (Wildman–Crippen LogP) is 13.5. The number of benzene rings is 2. The number of ether oxygens (including phenoxy) is 3. The lowest BCUT2D eigenvalue weighted by molar-refractivity contribution is -0.136. The van der Waals surface area contributed by atoms with E-state index in [-0.39, 0.29) is 124 Å². The lowest BCUT2D eigenvalue weighted by Crippen LogP contribution is -2.50. The van der Waals surface area contributed by atoms with E-state index >= 15 is 28.8 Å². The van der Waals surface area contributed by atoms with Gasteiger partial charge >= 0.3 is 18.3 Å². The fourth-order valence-corrected chi connectivity index (χ4v) is 16.7. The van der Waals surface area contributed by atoms with Crippen LogP contribution < -0.4 is 37.2 Å². The summed E-state index contributed by atoms with van der Waals surface area (Å²) in [5.74, 6) is -9.89. The van der Waals surface area contributed by atoms with Gasteiger partial charge in [-0.05, 0) is 194 Å². The highest BCUT2D eigenvalue weighted by Gasteiger charge is 2.41. The van der Waals surface area contributed by atoms with Gasteiger partial charge in [0.2, 0.25) is 29.5 Å². The minimum atomic E-state index is -1.46. The molecule has 0 radical (unpaired) electrons. The normalized spacial score (nSPS) is 15.8. The zero-order valence-corrected chi connectivity index (χ0v) is 79.1. The molecule has 6 amide bonds. The van der Waals surface area contributed by atoms with Crippen LogP contribution in [0.1, 0.15) is 270 Å². The van der Waals surface area contributed by atoms with Crippen LogP contribution in [0.5, 0.6) is 0 Å². The zero-order valence-electron chi connectivity index (χ0n) is 79.1. The summed E-state index contributed by atoms with van der Waals surface area (Å²) in [5.41, 5.74) is -0.0628. The van der Waals surface area contributed by atoms with E-state index in [1.54, 1.807) is 143 Å². The lowest BCUT2D eigenvalue weighted by atomic mass is 9.73. The molecule has 2 aliphatic rings. The summed E-state index contributed by atoms with van der Waals surface area (Å²) in [6, 6.07) is 13.3. The molecule has 1 aliphatic heterocycles. The highest BCUT2D eigenvalue weighted by molar-refractivity contribution is 6.22. The van der Waals surface area contributed by atoms with Gasteiger partial charge in [-0.15, -0.1) is 5.10 Å². The summed E-state index contributed by atoms with van der Waals surface area (Å²) in [7, 11) is 3.19. The van der Waals surface area contributed by atoms with Crippen LogP contribution in [0.2, 0.25) is 0 Å². The van der Waals surface area contributed by atoms with E-state index in [0.29, 0.717) is 110 Å². The number of amides is 6. The highest BCUT2D eigenvalue weighted by atomic mass is 16.6. The number of likely N-dealkylation sites (tertiary alicyclic amines) is 1. The molecule has 7 N–H and O–H groups in total. The molecule has 1 saturated heterocycles. The Bertz CT molecular complexity index is 4670. The molecule has 5 aromatic rings. The molecule has 0 bridgehead atoms. The van der Waals surface area contributed by atoms with Gasteiger partial charge in [-0.3, -0.25) is 52.6 Å². The van der Waals surface area contributed by atoms with Crippen molar-refractivity contribution in [3.63, 3.8) is 0 Å². The molecular weight excluding hydrogens is 1620 g/mol. The first-order valence-electron chi connectivity index (χ1n) is 45.8. The van der Waals surface area contributed by atoms with Crippen LogP contribution in [0, 0.1) is 46.8 Å². The van der Waals surface area contributed by atoms with Crippen LogP contribution in [-0.2, 0) is 92.8 Å². The number of carbonyl (C=O) groups is 14. The number of likely N-dealkylation sites (N-methyl/N-ethyl adjacent to an activating group) is 1. The van der Waals surface area contributed by atoms with Crippen LogP contribution in [0.15, 0.2) is 78.1 Å². The molecule has 8 atom stereocenters. The second-order valence-corrected chi connectivity index (χ2v) is 39.8. The minimum absolute atomic E-state index is 0.00576. The number of hydrogen-bond donors (Lipinski definition) is 7. The maximum absolute atomic E-state index is 15.8. The van der Waals surface area contributed by atoms with Crippen molar-refractivity contribution in [3.8, 4) is 0 Å². The fraction of sp³-hybridized carbons (Fsp3) is 0.649. The van der Waals surface area contributed by atoms with E-state index in [2.05, 4.69) is 47.5 Å². The predicted molar refractivity (Wildman–Crippen MR) is 487 cm³/mol. The number of ketones is 6. The van der Waals surface area contributed by atoms with Crippen molar-refractivity contribution in [1.82, 2.24) is 66.2 Å². The summed E-state index contributed by atoms with van der Waals surface area (Å²) >= 11 is 0. The van der Waals surface area contributed by atoms with Crippen molar-refractivity contribution in [2.75, 3.05) is 40.3 Å². The molecular formula is C97H145N13O17. The van der Waals surface area contributed by atoms with Gasteiger partial charge in [0.05, 0.1) is 52.4 Å². The first-order valence-corrected chi connectivity index (χ1v) is 45.8. The number of alkyl carbamates (subject to hydrolysis) is 1. The van der Waals surface area contributed by atoms with Crippen LogP contribution in [0.4, 0.5) is 14.4 Å². The number of aromatic nitrogens is 5. The summed E-state index contributed by atoms with van der Waals surface area (Å²) < 4.78 is 21.7. The van der Waals surface area contributed by atoms with Crippen LogP contribution >= 0.6 is 0 Å². The van der Waals surface area contributed by atoms with E-state index in [1.165, 1.54) is 23.1 Å². The van der Waals surface area contributed by atoms with Crippen LogP contribution in [0.3, 0.4) is 0 Å². The molecule has 0 spiro atoms. The first-order chi connectivity index (χ1) is 59.6. The Morgan fingerprint density at radius 1 is 0.512 bits per heavy atom. The molecule has 2 aromatic carbocycles. The third kappa shape index (κ3) is 33.1. The van der Waals surface area contributed by atoms with Crippen LogP contribution in [-0.4, -0.2) is 193 Å². The third-order valence-corrected chi connectivity index (χ3v) is 22.8. The Morgan fingerprint density at radius 3 is 1.50 bits per heavy atom. The standard InChI is InChI=1S/C97H145N13O17/c1-60(2)46-73(80(113)54-69(86(117)99-20)51-71-49-64-34-22-24-39-77(64)109(71)92(123)126-95(11,12)13)102-88(119)68(38-28-33-45-108-59-70(105-106-108)55-76(98-19)90(121)107-43-31-21-32-44-107)53-81(114)85(62(5)6)104-89(120)67(37-27-30-42-101-91(122)125-94(8,9)10)52-79(112)74(56-72-50-65-35-23-25-40-78(65)110(72)93(124)127-96(14,15)16)103-87(118)66(48-63(7)111)36-26-29-41-100-75(47-61(3)4)84-82(115)57-97(17,18)58-83(84)116/h22-25,34-35,39-40,49-50,59-62,66-69,73-74,76,85,98,100H,21,26-33,36-38,41-48,51-58H2,1-20H3,(H,99,117)(H,101,122)(H,102,119)(H,103,118)(H,104,120). The SMILES string of the molecule is CNC(=O)C(CC(=O)C(CC(C)C)NC(=O)C(CCCCn1cc(CC(NC)C(=O)N2CCCCC2)nn1)CC(=O)C(NC(=O)C(CCCCNC(=O)OC(C)(C)C)CC(=O)C(Cc1cc2ccccc2n1C(=O)OC(C)(C)C)NC(=O)C(CCCCNC(CC(C)C)=C1C(=O)CC(C)(C)CC1=O)CC(C)=O)C(C)C)Cc1cc2ccccc2n1C(=O)OC(C)(C)C. The number of rotatable bonds is 47. The van der Waals surface area contributed by atoms with Gasteiger partial charge in [-0.25, -0.2) is 23.5 Å². The summed E-state index contributed by atoms with van der Waals surface area (Å²) in [4.78, 5) is 204. The number of nitrogens with one attached hydrogen (secondary N) is 7. The quantitative estimate of drug-likeness (QED) is 0.00823. The highest BCUT2D eigenvalue weighted by Crippen LogP contribution is 2.36. The van der Waals surface area contributed by atoms with Gasteiger partial charge < -0.3 is 61.1 Å². The number of nitrogens with zero attached hydrogens (tertiary/aromatic N) is 6. The Kier molecular flexibility index (Phi) is 39.0. The minimum Gasteiger partial charge on any atom is -0.444 e. The first kappa shape index (κ1) is 104. The third-order valence-electron chi connectivity index (χ3n) is 22.8. The van der Waals surface area contributed by atoms with E-state index < -0.39 is 148 Å². The Balaban J connectivity index is 1.21. The molecule has 8 unspecified atom stereocenters. The molecule has 4 heterocycles. The largest absolute Gasteiger partial charge is 0.444 e. The number of Topliss-reactive ketones (excluding diaryl/α,β-unsaturated/α-hetero) is 6. The van der Waals surface area contributed by atoms with E-state index in [4.69, 9.17) is 14.2 Å². The number of allylic oxidation sites excluding steroid dienone is 2. The molecule has 700 valence electrons. The number of piperidine rings is 1. The summed E-state index contributed by atoms with van der Waals surface area (Å²) in [5, 5.41) is 31.1. The van der Waals surface area contributed by atoms with E-state index in [9.17, 15) is 38.4 Å². The van der Waals surface area contributed by atoms with Crippen molar-refractivity contribution in [3.05, 3.63) is 95.2 Å². The monoisotopic (exact) mass is 1760 g/mol. The van der Waals surface area contributed by atoms with Crippen molar-refractivity contribution >= 4 is 104 Å². The smallest absolute Gasteiger partial charge is 0.419 e. The average molecular weight is 1770 g/mol. The number of fused-ring (bicyclic) bond motifs is 2. The number of aryl methyl sites for hydroxylation is 1. The molecule has 7 rings (SSSR count). The van der Waals surface area contributed by atoms with Crippen LogP contribution in [0.25, 0.3) is 21.8 Å². The van der Waals surface area contributed by atoms with Gasteiger partial charge in [0, 0.05) is 149 Å². The van der Waals surface area contributed by atoms with Crippen molar-refractivity contribution in [1.29, 1.82) is 0 Å². The second-order valence-electron chi connectivity index (χ2n) is 39.8. The summed E-state index contributed by atoms with van der Waals surface area (Å²) in [6.45, 7) is 34.1. The van der Waals surface area contributed by atoms with E-state index in [1.807, 2.05) is 58.6 Å². The molecule has 1 aliphatic carbocycles. The molecule has 30 heteroatoms. The van der Waals surface area contributed by atoms with E-state index in [0.717, 1.165) is 19.3 Å². The Hall–Kier alpha value is -10.3. The molecule has 2 fully saturated rings. The summed E-state index contributed by atoms with van der Waals surface area (Å²) in [6.07, 6.45) is 4.57.